The Labute approximate surface area is 580 Å². The van der Waals surface area contributed by atoms with E-state index in [1.54, 1.807) is 116 Å². The van der Waals surface area contributed by atoms with Gasteiger partial charge in [-0.1, -0.05) is 102 Å². The first-order valence-corrected chi connectivity index (χ1v) is 38.5. The van der Waals surface area contributed by atoms with Crippen molar-refractivity contribution in [2.24, 2.45) is 0 Å². The van der Waals surface area contributed by atoms with E-state index in [9.17, 15) is 58.2 Å². The average Bonchev–Trinajstić information content (AvgIpc) is 1.60. The number of likely N-dealkylation sites (N-methyl/N-ethyl adjacent to an activating group) is 2. The zero-order valence-corrected chi connectivity index (χ0v) is 60.0. The molecule has 8 atom stereocenters. The van der Waals surface area contributed by atoms with Gasteiger partial charge in [-0.2, -0.15) is 9.97 Å². The van der Waals surface area contributed by atoms with Crippen LogP contribution in [0.2, 0.25) is 36.3 Å². The van der Waals surface area contributed by atoms with Crippen molar-refractivity contribution in [3.8, 4) is 0 Å². The van der Waals surface area contributed by atoms with E-state index in [-0.39, 0.29) is 83.5 Å². The zero-order valence-electron chi connectivity index (χ0n) is 58.0. The van der Waals surface area contributed by atoms with Gasteiger partial charge in [0.05, 0.1) is 48.7 Å². The average molecular weight is 1410 g/mol. The molecular weight excluding hydrogens is 1320 g/mol. The molecule has 6 heterocycles. The number of ether oxygens (including phenoxy) is 4. The number of imide groups is 2. The van der Waals surface area contributed by atoms with Crippen LogP contribution < -0.4 is 22.0 Å². The van der Waals surface area contributed by atoms with Gasteiger partial charge in [-0.15, -0.1) is 0 Å². The van der Waals surface area contributed by atoms with Crippen molar-refractivity contribution in [2.75, 3.05) is 77.3 Å². The van der Waals surface area contributed by atoms with Gasteiger partial charge < -0.3 is 58.4 Å². The number of anilines is 2. The van der Waals surface area contributed by atoms with Gasteiger partial charge in [0.2, 0.25) is 11.8 Å². The van der Waals surface area contributed by atoms with Gasteiger partial charge >= 0.3 is 11.4 Å². The SMILES string of the molecule is CN(CCOC[C@H]1O[C@@H](n2ccc(NC(=O)c3ccccc3)nc2=O)[C@@H](O)C1O[Si](C)(C)C(C)(C)C)C(=O)CN1C(=O)c2ccccc2C1=O.CN(CCOC[C@H]1O[C@@H](n2ccc(NC(=O)c3ccccc3)nc2=O)[C@H](O[Si](C)(C)C(C)(C)C)C1O)C(=O)CN1C(=O)c2ccccc2C1=O. The summed E-state index contributed by atoms with van der Waals surface area (Å²) in [7, 11) is -1.85. The maximum absolute atomic E-state index is 13.3. The Kier molecular flexibility index (Phi) is 23.4. The highest BCUT2D eigenvalue weighted by atomic mass is 28.4. The Hall–Kier alpha value is -9.09. The molecule has 4 aromatic carbocycles. The Bertz CT molecular complexity index is 4070. The van der Waals surface area contributed by atoms with Gasteiger partial charge in [-0.3, -0.25) is 57.3 Å². The number of benzene rings is 4. The maximum atomic E-state index is 13.3. The summed E-state index contributed by atoms with van der Waals surface area (Å²) in [4.78, 5) is 141. The summed E-state index contributed by atoms with van der Waals surface area (Å²) in [5.74, 6) is -3.68. The lowest BCUT2D eigenvalue weighted by Crippen LogP contribution is -2.50. The van der Waals surface area contributed by atoms with E-state index in [4.69, 9.17) is 27.8 Å². The zero-order chi connectivity index (χ0) is 72.8. The molecule has 0 saturated carbocycles. The van der Waals surface area contributed by atoms with E-state index < -0.39 is 137 Å². The van der Waals surface area contributed by atoms with Crippen molar-refractivity contribution in [3.05, 3.63) is 188 Å². The van der Waals surface area contributed by atoms with E-state index in [2.05, 4.69) is 62.1 Å². The molecule has 532 valence electrons. The predicted octanol–water partition coefficient (Wildman–Crippen LogP) is 5.83. The van der Waals surface area contributed by atoms with Crippen molar-refractivity contribution in [1.82, 2.24) is 38.7 Å². The largest absolute Gasteiger partial charge is 0.408 e. The number of hydrogen-bond donors (Lipinski definition) is 4. The monoisotopic (exact) mass is 1410 g/mol. The number of aliphatic hydroxyl groups is 2. The molecule has 10 rings (SSSR count). The Morgan fingerprint density at radius 2 is 0.850 bits per heavy atom. The quantitative estimate of drug-likeness (QED) is 0.0314. The topological polar surface area (TPSA) is 339 Å². The second kappa shape index (κ2) is 31.2. The number of rotatable bonds is 24. The highest BCUT2D eigenvalue weighted by molar-refractivity contribution is 6.74. The summed E-state index contributed by atoms with van der Waals surface area (Å²) in [5.41, 5.74) is 0.430. The van der Waals surface area contributed by atoms with Crippen molar-refractivity contribution in [3.63, 3.8) is 0 Å². The highest BCUT2D eigenvalue weighted by Crippen LogP contribution is 2.43. The highest BCUT2D eigenvalue weighted by Gasteiger charge is 2.53. The van der Waals surface area contributed by atoms with E-state index in [1.807, 2.05) is 26.2 Å². The fraction of sp³-hybridized carbons (Fsp3) is 0.429. The number of nitrogens with one attached hydrogen (secondary N) is 2. The Morgan fingerprint density at radius 3 is 1.23 bits per heavy atom. The van der Waals surface area contributed by atoms with E-state index in [1.165, 1.54) is 45.9 Å². The first-order chi connectivity index (χ1) is 47.2. The molecule has 8 amide bonds. The maximum Gasteiger partial charge on any atom is 0.351 e. The summed E-state index contributed by atoms with van der Waals surface area (Å²) in [5, 5.41) is 27.8. The lowest BCUT2D eigenvalue weighted by molar-refractivity contribution is -0.131. The molecule has 2 unspecified atom stereocenters. The predicted molar refractivity (Wildman–Crippen MR) is 370 cm³/mol. The smallest absolute Gasteiger partial charge is 0.351 e. The van der Waals surface area contributed by atoms with Crippen LogP contribution in [0.3, 0.4) is 0 Å². The number of amides is 8. The minimum Gasteiger partial charge on any atom is -0.408 e. The van der Waals surface area contributed by atoms with Crippen molar-refractivity contribution < 1.29 is 76.4 Å². The summed E-state index contributed by atoms with van der Waals surface area (Å²) >= 11 is 0. The molecule has 0 bridgehead atoms. The minimum atomic E-state index is -2.49. The lowest BCUT2D eigenvalue weighted by Gasteiger charge is -2.40. The second-order valence-corrected chi connectivity index (χ2v) is 37.2. The fourth-order valence-electron chi connectivity index (χ4n) is 10.7. The fourth-order valence-corrected chi connectivity index (χ4v) is 13.3. The molecule has 2 fully saturated rings. The molecule has 2 saturated heterocycles. The van der Waals surface area contributed by atoms with Crippen molar-refractivity contribution in [2.45, 2.75) is 127 Å². The summed E-state index contributed by atoms with van der Waals surface area (Å²) in [6, 6.07) is 32.8. The minimum absolute atomic E-state index is 0.0271. The van der Waals surface area contributed by atoms with Crippen LogP contribution in [0.15, 0.2) is 143 Å². The lowest BCUT2D eigenvalue weighted by atomic mass is 10.1. The molecular formula is C70H86N10O18Si2. The Balaban J connectivity index is 0.000000233. The summed E-state index contributed by atoms with van der Waals surface area (Å²) in [6.45, 7) is 20.0. The van der Waals surface area contributed by atoms with E-state index >= 15 is 0 Å². The number of aliphatic hydroxyl groups excluding tert-OH is 2. The van der Waals surface area contributed by atoms with Crippen LogP contribution in [0.25, 0.3) is 0 Å². The van der Waals surface area contributed by atoms with Crippen LogP contribution >= 0.6 is 0 Å². The van der Waals surface area contributed by atoms with Crippen LogP contribution in [0.5, 0.6) is 0 Å². The molecule has 0 spiro atoms. The normalized spacial score (nSPS) is 20.6. The molecule has 100 heavy (non-hydrogen) atoms. The van der Waals surface area contributed by atoms with Crippen LogP contribution in [0, 0.1) is 0 Å². The summed E-state index contributed by atoms with van der Waals surface area (Å²) in [6.07, 6.45) is -5.25. The summed E-state index contributed by atoms with van der Waals surface area (Å²) < 4.78 is 39.7. The van der Waals surface area contributed by atoms with Gasteiger partial charge in [0.25, 0.3) is 35.4 Å². The first kappa shape index (κ1) is 75.1. The number of carbonyl (C=O) groups is 8. The van der Waals surface area contributed by atoms with Gasteiger partial charge in [0.1, 0.15) is 61.3 Å². The molecule has 4 aliphatic rings. The number of nitrogens with zero attached hydrogens (tertiary/aromatic N) is 8. The number of fused-ring (bicyclic) bond motifs is 2. The van der Waals surface area contributed by atoms with Crippen LogP contribution in [-0.2, 0) is 37.4 Å². The standard InChI is InChI=1S/2C35H43N5O9Si/c1-35(2,3)50(5,6)49-29-25(21-47-19-18-38(4)27(41)20-40-31(44)23-14-10-11-15-24(23)32(40)45)48-33(28(29)42)39-17-16-26(37-34(39)46)36-30(43)22-12-8-7-9-13-22;1-35(2,3)50(5,6)49-29-28(42)25(48-33(29)39-17-16-26(37-34(39)46)36-30(43)22-12-8-7-9-13-22)21-47-19-18-38(4)27(41)20-40-31(44)23-14-10-11-15-24(23)32(40)45/h2*7-17,25,28-29,33,42H,18-21H2,1-6H3,(H,36,37,43,46)/t25-,28+,29?,33-;25-,28?,29-,33-/m11/s1. The molecule has 0 radical (unpaired) electrons. The molecule has 4 N–H and O–H groups in total. The van der Waals surface area contributed by atoms with Gasteiger partial charge in [0.15, 0.2) is 29.1 Å². The van der Waals surface area contributed by atoms with Gasteiger partial charge in [-0.25, -0.2) is 9.59 Å². The molecule has 4 aliphatic heterocycles. The van der Waals surface area contributed by atoms with Crippen LogP contribution in [0.4, 0.5) is 11.6 Å². The van der Waals surface area contributed by atoms with Crippen LogP contribution in [-0.4, -0.2) is 216 Å². The van der Waals surface area contributed by atoms with Gasteiger partial charge in [0, 0.05) is 50.7 Å². The molecule has 6 aromatic rings. The van der Waals surface area contributed by atoms with Crippen molar-refractivity contribution >= 4 is 75.5 Å². The third-order valence-corrected chi connectivity index (χ3v) is 27.7. The van der Waals surface area contributed by atoms with E-state index in [0.717, 1.165) is 14.4 Å². The third kappa shape index (κ3) is 17.0. The molecule has 2 aromatic heterocycles. The Morgan fingerprint density at radius 1 is 0.500 bits per heavy atom. The number of carbonyl (C=O) groups excluding carboxylic acids is 8. The molecule has 28 nitrogen and oxygen atoms in total. The van der Waals surface area contributed by atoms with E-state index in [0.29, 0.717) is 11.1 Å². The molecule has 30 heteroatoms. The number of aromatic nitrogens is 4. The molecule has 0 aliphatic carbocycles. The third-order valence-electron chi connectivity index (χ3n) is 18.8. The second-order valence-electron chi connectivity index (χ2n) is 27.7. The van der Waals surface area contributed by atoms with Crippen molar-refractivity contribution in [1.29, 1.82) is 0 Å². The van der Waals surface area contributed by atoms with Gasteiger partial charge in [-0.05, 0) is 96.9 Å². The first-order valence-electron chi connectivity index (χ1n) is 32.7. The van der Waals surface area contributed by atoms with Crippen LogP contribution in [0.1, 0.15) is 116 Å². The number of hydrogen-bond acceptors (Lipinski definition) is 20.